The number of amides is 2. The maximum Gasteiger partial charge on any atom is 0.415 e. The van der Waals surface area contributed by atoms with Crippen LogP contribution >= 0.6 is 0 Å². The molecule has 0 aliphatic carbocycles. The fourth-order valence-electron chi connectivity index (χ4n) is 0.489. The largest absolute Gasteiger partial charge is 0.430 e. The molecule has 0 radical (unpaired) electrons. The number of nitrogens with zero attached hydrogens (tertiary/aromatic N) is 1. The maximum atomic E-state index is 11.1. The molecule has 0 aliphatic rings. The van der Waals surface area contributed by atoms with Gasteiger partial charge < -0.3 is 4.74 Å². The first-order chi connectivity index (χ1) is 6.34. The Balaban J connectivity index is 3.99. The number of hydrogen-bond acceptors (Lipinski definition) is 4. The Morgan fingerprint density at radius 3 is 2.29 bits per heavy atom. The first-order valence-corrected chi connectivity index (χ1v) is 4.18. The van der Waals surface area contributed by atoms with Crippen LogP contribution in [-0.4, -0.2) is 37.2 Å². The van der Waals surface area contributed by atoms with Gasteiger partial charge in [0.05, 0.1) is 0 Å². The van der Waals surface area contributed by atoms with Crippen molar-refractivity contribution in [1.29, 1.82) is 0 Å². The van der Waals surface area contributed by atoms with Crippen LogP contribution in [0.2, 0.25) is 0 Å². The van der Waals surface area contributed by atoms with Gasteiger partial charge in [-0.2, -0.15) is 0 Å². The fourth-order valence-corrected chi connectivity index (χ4v) is 0.489. The molecule has 0 spiro atoms. The minimum absolute atomic E-state index is 0.263. The highest BCUT2D eigenvalue weighted by Gasteiger charge is 2.13. The molecule has 5 nitrogen and oxygen atoms in total. The van der Waals surface area contributed by atoms with Crippen LogP contribution in [-0.2, 0) is 9.53 Å². The van der Waals surface area contributed by atoms with Gasteiger partial charge in [0.2, 0.25) is 0 Å². The molecule has 0 rings (SSSR count). The zero-order valence-corrected chi connectivity index (χ0v) is 8.96. The molecule has 0 aromatic heterocycles. The number of carbonyl (C=O) groups is 2. The molecule has 0 aromatic rings. The molecule has 2 amide bonds. The summed E-state index contributed by atoms with van der Waals surface area (Å²) in [5.74, 6) is -0.527. The Morgan fingerprint density at radius 1 is 1.43 bits per heavy atom. The molecule has 5 heteroatoms. The predicted molar refractivity (Wildman–Crippen MR) is 52.6 cm³/mol. The zero-order valence-electron chi connectivity index (χ0n) is 8.96. The lowest BCUT2D eigenvalue weighted by Crippen LogP contribution is -2.37. The average Bonchev–Trinajstić information content (AvgIpc) is 2.03. The van der Waals surface area contributed by atoms with Crippen molar-refractivity contribution in [2.75, 3.05) is 14.1 Å². The second-order valence-corrected chi connectivity index (χ2v) is 3.20. The van der Waals surface area contributed by atoms with E-state index in [-0.39, 0.29) is 11.8 Å². The van der Waals surface area contributed by atoms with E-state index >= 15 is 0 Å². The normalized spacial score (nSPS) is 12.1. The molecule has 1 unspecified atom stereocenters. The molecule has 0 bridgehead atoms. The van der Waals surface area contributed by atoms with Gasteiger partial charge in [-0.25, -0.2) is 4.79 Å². The van der Waals surface area contributed by atoms with E-state index in [2.05, 4.69) is 6.58 Å². The summed E-state index contributed by atoms with van der Waals surface area (Å²) in [6.45, 7) is 6.60. The number of rotatable bonds is 3. The third-order valence-corrected chi connectivity index (χ3v) is 1.61. The molecule has 0 saturated carbocycles. The van der Waals surface area contributed by atoms with Crippen LogP contribution in [0.4, 0.5) is 4.79 Å². The highest BCUT2D eigenvalue weighted by molar-refractivity contribution is 6.01. The predicted octanol–water partition coefficient (Wildman–Crippen LogP) is 0.723. The third-order valence-electron chi connectivity index (χ3n) is 1.61. The van der Waals surface area contributed by atoms with E-state index in [9.17, 15) is 9.59 Å². The fraction of sp³-hybridized carbons (Fsp3) is 0.556. The summed E-state index contributed by atoms with van der Waals surface area (Å²) in [5.41, 5.74) is 0.263. The lowest BCUT2D eigenvalue weighted by Gasteiger charge is -2.19. The summed E-state index contributed by atoms with van der Waals surface area (Å²) in [4.78, 5) is 23.7. The van der Waals surface area contributed by atoms with Crippen molar-refractivity contribution in [3.8, 4) is 0 Å². The minimum Gasteiger partial charge on any atom is -0.430 e. The molecule has 0 saturated heterocycles. The van der Waals surface area contributed by atoms with Crippen LogP contribution in [0.3, 0.4) is 0 Å². The van der Waals surface area contributed by atoms with Crippen molar-refractivity contribution in [2.45, 2.75) is 20.1 Å². The minimum atomic E-state index is -0.765. The van der Waals surface area contributed by atoms with Crippen molar-refractivity contribution in [2.24, 2.45) is 0 Å². The number of hydrogen-bond donors (Lipinski definition) is 1. The summed E-state index contributed by atoms with van der Waals surface area (Å²) in [6.07, 6.45) is -1.15. The lowest BCUT2D eigenvalue weighted by molar-refractivity contribution is -0.117. The van der Waals surface area contributed by atoms with Gasteiger partial charge in [-0.1, -0.05) is 6.58 Å². The highest BCUT2D eigenvalue weighted by Crippen LogP contribution is 1.95. The zero-order chi connectivity index (χ0) is 11.3. The van der Waals surface area contributed by atoms with Crippen LogP contribution in [0.15, 0.2) is 12.2 Å². The topological polar surface area (TPSA) is 58.6 Å². The average molecular weight is 200 g/mol. The van der Waals surface area contributed by atoms with Crippen LogP contribution in [0.25, 0.3) is 0 Å². The quantitative estimate of drug-likeness (QED) is 0.538. The van der Waals surface area contributed by atoms with Gasteiger partial charge in [-0.15, -0.1) is 0 Å². The number of nitrogens with one attached hydrogen (secondary N) is 1. The van der Waals surface area contributed by atoms with Crippen LogP contribution in [0, 0.1) is 0 Å². The Bertz CT molecular complexity index is 248. The van der Waals surface area contributed by atoms with E-state index in [1.165, 1.54) is 6.92 Å². The molecule has 0 fully saturated rings. The standard InChI is InChI=1S/C9H16N2O3/c1-6(2)8(12)10-9(13)14-7(3)11(4)5/h7H,1H2,2-5H3,(H,10,12,13). The molecule has 80 valence electrons. The van der Waals surface area contributed by atoms with Gasteiger partial charge in [-0.3, -0.25) is 15.0 Å². The lowest BCUT2D eigenvalue weighted by atomic mass is 10.3. The first kappa shape index (κ1) is 12.6. The van der Waals surface area contributed by atoms with E-state index in [1.807, 2.05) is 5.32 Å². The molecule has 14 heavy (non-hydrogen) atoms. The Morgan fingerprint density at radius 2 is 1.93 bits per heavy atom. The molecule has 0 aromatic carbocycles. The Labute approximate surface area is 83.7 Å². The molecular formula is C9H16N2O3. The number of imide groups is 1. The monoisotopic (exact) mass is 200 g/mol. The third kappa shape index (κ3) is 4.61. The van der Waals surface area contributed by atoms with Crippen molar-refractivity contribution < 1.29 is 14.3 Å². The van der Waals surface area contributed by atoms with Crippen molar-refractivity contribution >= 4 is 12.0 Å². The van der Waals surface area contributed by atoms with Crippen LogP contribution in [0.5, 0.6) is 0 Å². The van der Waals surface area contributed by atoms with Gasteiger partial charge in [0, 0.05) is 5.57 Å². The van der Waals surface area contributed by atoms with Gasteiger partial charge in [0.15, 0.2) is 6.23 Å². The van der Waals surface area contributed by atoms with E-state index in [4.69, 9.17) is 4.74 Å². The van der Waals surface area contributed by atoms with E-state index in [1.54, 1.807) is 25.9 Å². The SMILES string of the molecule is C=C(C)C(=O)NC(=O)OC(C)N(C)C. The first-order valence-electron chi connectivity index (χ1n) is 4.18. The number of carbonyl (C=O) groups excluding carboxylic acids is 2. The van der Waals surface area contributed by atoms with Gasteiger partial charge >= 0.3 is 6.09 Å². The number of ether oxygens (including phenoxy) is 1. The van der Waals surface area contributed by atoms with Gasteiger partial charge in [0.25, 0.3) is 5.91 Å². The van der Waals surface area contributed by atoms with E-state index in [0.29, 0.717) is 0 Å². The molecular weight excluding hydrogens is 184 g/mol. The Kier molecular flexibility index (Phi) is 4.86. The van der Waals surface area contributed by atoms with Gasteiger partial charge in [-0.05, 0) is 27.9 Å². The molecule has 1 atom stereocenters. The van der Waals surface area contributed by atoms with Crippen LogP contribution < -0.4 is 5.32 Å². The van der Waals surface area contributed by atoms with Crippen molar-refractivity contribution in [1.82, 2.24) is 10.2 Å². The van der Waals surface area contributed by atoms with Gasteiger partial charge in [0.1, 0.15) is 0 Å². The van der Waals surface area contributed by atoms with Crippen LogP contribution in [0.1, 0.15) is 13.8 Å². The summed E-state index contributed by atoms with van der Waals surface area (Å²) in [5, 5.41) is 2.04. The summed E-state index contributed by atoms with van der Waals surface area (Å²) in [7, 11) is 3.52. The van der Waals surface area contributed by atoms with E-state index in [0.717, 1.165) is 0 Å². The summed E-state index contributed by atoms with van der Waals surface area (Å²) < 4.78 is 4.85. The van der Waals surface area contributed by atoms with Crippen molar-refractivity contribution in [3.63, 3.8) is 0 Å². The molecule has 0 heterocycles. The second-order valence-electron chi connectivity index (χ2n) is 3.20. The highest BCUT2D eigenvalue weighted by atomic mass is 16.6. The second kappa shape index (κ2) is 5.39. The smallest absolute Gasteiger partial charge is 0.415 e. The summed E-state index contributed by atoms with van der Waals surface area (Å²) >= 11 is 0. The number of alkyl carbamates (subject to hydrolysis) is 1. The molecule has 1 N–H and O–H groups in total. The van der Waals surface area contributed by atoms with Crippen molar-refractivity contribution in [3.05, 3.63) is 12.2 Å². The molecule has 0 aliphatic heterocycles. The Hall–Kier alpha value is -1.36. The van der Waals surface area contributed by atoms with E-state index < -0.39 is 12.0 Å². The summed E-state index contributed by atoms with van der Waals surface area (Å²) in [6, 6.07) is 0. The maximum absolute atomic E-state index is 11.1.